The minimum Gasteiger partial charge on any atom is -0.393 e. The Bertz CT molecular complexity index is 50.5. The molecular formula is C6H11FeO. The Kier molecular flexibility index (Phi) is 4.63. The maximum atomic E-state index is 8.85. The molecule has 0 aromatic heterocycles. The predicted molar refractivity (Wildman–Crippen MR) is 28.8 cm³/mol. The van der Waals surface area contributed by atoms with E-state index in [4.69, 9.17) is 5.11 Å². The molecule has 1 fully saturated rings. The zero-order valence-corrected chi connectivity index (χ0v) is 5.89. The van der Waals surface area contributed by atoms with E-state index in [2.05, 4.69) is 0 Å². The summed E-state index contributed by atoms with van der Waals surface area (Å²) in [6, 6.07) is 0. The molecule has 0 heterocycles. The van der Waals surface area contributed by atoms with Crippen LogP contribution < -0.4 is 0 Å². The van der Waals surface area contributed by atoms with Gasteiger partial charge < -0.3 is 5.11 Å². The van der Waals surface area contributed by atoms with Gasteiger partial charge in [-0.25, -0.2) is 0 Å². The van der Waals surface area contributed by atoms with E-state index in [0.717, 1.165) is 12.8 Å². The first-order valence-electron chi connectivity index (χ1n) is 2.91. The summed E-state index contributed by atoms with van der Waals surface area (Å²) in [6.07, 6.45) is 6.48. The van der Waals surface area contributed by atoms with E-state index in [-0.39, 0.29) is 23.2 Å². The molecule has 49 valence electrons. The molecule has 0 spiro atoms. The molecule has 1 radical (unpaired) electrons. The van der Waals surface area contributed by atoms with Crippen molar-refractivity contribution in [1.29, 1.82) is 0 Å². The molecule has 0 amide bonds. The fourth-order valence-corrected chi connectivity index (χ4v) is 0.926. The van der Waals surface area contributed by atoms with Crippen molar-refractivity contribution in [2.45, 2.75) is 31.8 Å². The van der Waals surface area contributed by atoms with Gasteiger partial charge in [0.15, 0.2) is 0 Å². The summed E-state index contributed by atoms with van der Waals surface area (Å²) in [4.78, 5) is 0. The van der Waals surface area contributed by atoms with Crippen molar-refractivity contribution in [2.75, 3.05) is 0 Å². The molecule has 1 unspecified atom stereocenters. The quantitative estimate of drug-likeness (QED) is 0.519. The summed E-state index contributed by atoms with van der Waals surface area (Å²) in [7, 11) is 0. The van der Waals surface area contributed by atoms with Gasteiger partial charge in [-0.15, -0.1) is 0 Å². The van der Waals surface area contributed by atoms with E-state index in [1.807, 2.05) is 6.42 Å². The Labute approximate surface area is 60.9 Å². The first-order valence-corrected chi connectivity index (χ1v) is 2.91. The van der Waals surface area contributed by atoms with Crippen molar-refractivity contribution in [3.63, 3.8) is 0 Å². The van der Waals surface area contributed by atoms with Crippen molar-refractivity contribution in [3.8, 4) is 0 Å². The van der Waals surface area contributed by atoms with E-state index in [9.17, 15) is 0 Å². The van der Waals surface area contributed by atoms with Crippen LogP contribution in [0.5, 0.6) is 0 Å². The molecule has 1 N–H and O–H groups in total. The van der Waals surface area contributed by atoms with Gasteiger partial charge >= 0.3 is 0 Å². The number of hydrogen-bond donors (Lipinski definition) is 1. The number of aliphatic hydroxyl groups excluding tert-OH is 1. The van der Waals surface area contributed by atoms with Crippen LogP contribution in [0.15, 0.2) is 0 Å². The van der Waals surface area contributed by atoms with Gasteiger partial charge in [0.2, 0.25) is 0 Å². The third-order valence-corrected chi connectivity index (χ3v) is 1.39. The van der Waals surface area contributed by atoms with Gasteiger partial charge in [-0.2, -0.15) is 0 Å². The largest absolute Gasteiger partial charge is 0.393 e. The molecule has 0 aromatic carbocycles. The van der Waals surface area contributed by atoms with Crippen molar-refractivity contribution in [1.82, 2.24) is 0 Å². The summed E-state index contributed by atoms with van der Waals surface area (Å²) < 4.78 is 0. The minimum absolute atomic E-state index is 0. The molecule has 1 saturated carbocycles. The molecular weight excluding hydrogens is 144 g/mol. The van der Waals surface area contributed by atoms with Crippen molar-refractivity contribution in [3.05, 3.63) is 6.42 Å². The Morgan fingerprint density at radius 1 is 1.38 bits per heavy atom. The molecule has 1 rings (SSSR count). The van der Waals surface area contributed by atoms with E-state index in [0.29, 0.717) is 0 Å². The summed E-state index contributed by atoms with van der Waals surface area (Å²) in [5.41, 5.74) is 0. The molecule has 0 aliphatic heterocycles. The summed E-state index contributed by atoms with van der Waals surface area (Å²) in [5, 5.41) is 8.85. The predicted octanol–water partition coefficient (Wildman–Crippen LogP) is 1.12. The molecule has 0 aromatic rings. The molecule has 0 bridgehead atoms. The van der Waals surface area contributed by atoms with E-state index in [1.165, 1.54) is 12.8 Å². The summed E-state index contributed by atoms with van der Waals surface area (Å²) in [6.45, 7) is 0. The van der Waals surface area contributed by atoms with Crippen molar-refractivity contribution in [2.24, 2.45) is 0 Å². The van der Waals surface area contributed by atoms with Crippen LogP contribution in [0.4, 0.5) is 0 Å². The first-order chi connectivity index (χ1) is 3.39. The van der Waals surface area contributed by atoms with E-state index >= 15 is 0 Å². The standard InChI is InChI=1S/C6H11O.Fe/c7-6-4-2-1-3-5-6;/h4,6-7H,1-3,5H2;. The maximum absolute atomic E-state index is 8.85. The van der Waals surface area contributed by atoms with Gasteiger partial charge in [0, 0.05) is 17.1 Å². The van der Waals surface area contributed by atoms with Gasteiger partial charge in [0.1, 0.15) is 0 Å². The molecule has 8 heavy (non-hydrogen) atoms. The second kappa shape index (κ2) is 4.37. The summed E-state index contributed by atoms with van der Waals surface area (Å²) >= 11 is 0. The summed E-state index contributed by atoms with van der Waals surface area (Å²) in [5.74, 6) is 0. The fourth-order valence-electron chi connectivity index (χ4n) is 0.926. The van der Waals surface area contributed by atoms with Crippen LogP contribution in [0.3, 0.4) is 0 Å². The Morgan fingerprint density at radius 3 is 2.38 bits per heavy atom. The molecule has 1 aliphatic carbocycles. The molecule has 1 aliphatic rings. The van der Waals surface area contributed by atoms with Crippen LogP contribution >= 0.6 is 0 Å². The average molecular weight is 155 g/mol. The maximum Gasteiger partial charge on any atom is 0.0572 e. The van der Waals surface area contributed by atoms with Crippen LogP contribution in [0.1, 0.15) is 25.7 Å². The van der Waals surface area contributed by atoms with E-state index < -0.39 is 0 Å². The van der Waals surface area contributed by atoms with Crippen LogP contribution in [-0.4, -0.2) is 11.2 Å². The smallest absolute Gasteiger partial charge is 0.0572 e. The Morgan fingerprint density at radius 2 is 2.12 bits per heavy atom. The van der Waals surface area contributed by atoms with Crippen molar-refractivity contribution < 1.29 is 22.2 Å². The second-order valence-corrected chi connectivity index (χ2v) is 2.09. The Hall–Kier alpha value is 0.479. The van der Waals surface area contributed by atoms with Crippen molar-refractivity contribution >= 4 is 0 Å². The van der Waals surface area contributed by atoms with Gasteiger partial charge in [-0.05, 0) is 19.3 Å². The second-order valence-electron chi connectivity index (χ2n) is 2.09. The molecule has 0 saturated heterocycles. The monoisotopic (exact) mass is 155 g/mol. The zero-order chi connectivity index (χ0) is 5.11. The van der Waals surface area contributed by atoms with Crippen LogP contribution in [0.2, 0.25) is 0 Å². The number of rotatable bonds is 0. The zero-order valence-electron chi connectivity index (χ0n) is 4.78. The minimum atomic E-state index is -0.0891. The third-order valence-electron chi connectivity index (χ3n) is 1.39. The molecule has 1 atom stereocenters. The van der Waals surface area contributed by atoms with Gasteiger partial charge in [-0.1, -0.05) is 12.8 Å². The molecule has 2 heteroatoms. The Balaban J connectivity index is 0.000000490. The number of hydrogen-bond acceptors (Lipinski definition) is 1. The third kappa shape index (κ3) is 2.71. The van der Waals surface area contributed by atoms with Crippen LogP contribution in [0, 0.1) is 6.42 Å². The van der Waals surface area contributed by atoms with Crippen LogP contribution in [-0.2, 0) is 17.1 Å². The fraction of sp³-hybridized carbons (Fsp3) is 0.833. The average Bonchev–Trinajstić information content (AvgIpc) is 1.69. The topological polar surface area (TPSA) is 20.2 Å². The van der Waals surface area contributed by atoms with Gasteiger partial charge in [0.05, 0.1) is 6.10 Å². The van der Waals surface area contributed by atoms with Gasteiger partial charge in [-0.3, -0.25) is 0 Å². The van der Waals surface area contributed by atoms with Gasteiger partial charge in [0.25, 0.3) is 0 Å². The molecule has 1 nitrogen and oxygen atoms in total. The normalized spacial score (nSPS) is 22.1. The van der Waals surface area contributed by atoms with Crippen LogP contribution in [0.25, 0.3) is 0 Å². The number of aliphatic hydroxyl groups is 1. The SMILES string of the molecule is OC1[CH]CCCC1.[Fe]. The van der Waals surface area contributed by atoms with E-state index in [1.54, 1.807) is 0 Å². The first kappa shape index (κ1) is 8.48.